The van der Waals surface area contributed by atoms with Crippen molar-refractivity contribution >= 4 is 42.3 Å². The van der Waals surface area contributed by atoms with Crippen LogP contribution in [-0.2, 0) is 14.4 Å². The van der Waals surface area contributed by atoms with Gasteiger partial charge in [0.15, 0.2) is 0 Å². The van der Waals surface area contributed by atoms with Gasteiger partial charge in [0.1, 0.15) is 0 Å². The minimum atomic E-state index is -1.08. The number of nitrogens with zero attached hydrogens (tertiary/aromatic N) is 2. The number of carboxylic acid groups (broad SMARTS) is 3. The van der Waals surface area contributed by atoms with Crippen molar-refractivity contribution < 1.29 is 29.7 Å². The third kappa shape index (κ3) is 56.2. The molecule has 8 nitrogen and oxygen atoms in total. The van der Waals surface area contributed by atoms with Crippen LogP contribution in [0, 0.1) is 13.8 Å². The molecular formula is C19H38N2O6Sn. The van der Waals surface area contributed by atoms with Gasteiger partial charge in [-0.15, -0.1) is 0 Å². The Hall–Kier alpha value is -0.871. The van der Waals surface area contributed by atoms with Gasteiger partial charge in [-0.2, -0.15) is 12.8 Å². The molecule has 0 aromatic carbocycles. The molecule has 3 aliphatic rings. The van der Waals surface area contributed by atoms with Crippen molar-refractivity contribution in [3.05, 3.63) is 13.8 Å². The molecule has 0 spiro atoms. The number of rotatable bonds is 2. The van der Waals surface area contributed by atoms with E-state index < -0.39 is 11.9 Å². The SMILES string of the molecule is C1CN2CCN1CC2.CC(=O)[O-].CC(=O)[O-].O=CO.[CH2-]CCC.[CH2-]CCC.[Sn+4]. The normalized spacial score (nSPS) is 17.2. The molecule has 28 heavy (non-hydrogen) atoms. The van der Waals surface area contributed by atoms with Gasteiger partial charge in [0.2, 0.25) is 0 Å². The molecule has 0 unspecified atom stereocenters. The van der Waals surface area contributed by atoms with Crippen LogP contribution in [0.2, 0.25) is 0 Å². The van der Waals surface area contributed by atoms with Crippen molar-refractivity contribution in [2.45, 2.75) is 53.4 Å². The van der Waals surface area contributed by atoms with Gasteiger partial charge in [-0.05, 0) is 13.8 Å². The van der Waals surface area contributed by atoms with Crippen LogP contribution in [0.4, 0.5) is 0 Å². The van der Waals surface area contributed by atoms with E-state index in [2.05, 4.69) is 37.5 Å². The minimum absolute atomic E-state index is 0. The number of unbranched alkanes of at least 4 members (excludes halogenated alkanes) is 2. The Balaban J connectivity index is -0.0000000790. The number of fused-ring (bicyclic) bond motifs is 3. The molecule has 0 saturated carbocycles. The smallest absolute Gasteiger partial charge is 0.550 e. The number of hydrogen-bond donors (Lipinski definition) is 1. The van der Waals surface area contributed by atoms with Gasteiger partial charge < -0.3 is 38.8 Å². The molecule has 3 rings (SSSR count). The van der Waals surface area contributed by atoms with E-state index in [1.807, 2.05) is 0 Å². The van der Waals surface area contributed by atoms with Crippen LogP contribution >= 0.6 is 0 Å². The first-order valence-corrected chi connectivity index (χ1v) is 9.12. The second-order valence-electron chi connectivity index (χ2n) is 5.48. The molecule has 3 aliphatic heterocycles. The third-order valence-corrected chi connectivity index (χ3v) is 2.90. The molecule has 3 fully saturated rings. The summed E-state index contributed by atoms with van der Waals surface area (Å²) in [7, 11) is 0. The molecule has 9 heteroatoms. The molecule has 3 heterocycles. The fraction of sp³-hybridized carbons (Fsp3) is 0.737. The summed E-state index contributed by atoms with van der Waals surface area (Å²) in [6.45, 7) is 21.1. The maximum absolute atomic E-state index is 8.89. The third-order valence-electron chi connectivity index (χ3n) is 2.90. The first kappa shape index (κ1) is 37.8. The van der Waals surface area contributed by atoms with Gasteiger partial charge in [-0.1, -0.05) is 26.7 Å². The van der Waals surface area contributed by atoms with Crippen molar-refractivity contribution in [3.63, 3.8) is 0 Å². The quantitative estimate of drug-likeness (QED) is 0.306. The molecule has 3 saturated heterocycles. The predicted molar refractivity (Wildman–Crippen MR) is 109 cm³/mol. The van der Waals surface area contributed by atoms with Gasteiger partial charge in [0, 0.05) is 51.2 Å². The van der Waals surface area contributed by atoms with Gasteiger partial charge in [-0.3, -0.25) is 14.6 Å². The van der Waals surface area contributed by atoms with Crippen LogP contribution in [0.5, 0.6) is 0 Å². The molecule has 2 bridgehead atoms. The van der Waals surface area contributed by atoms with Gasteiger partial charge in [-0.25, -0.2) is 0 Å². The average molecular weight is 509 g/mol. The molecule has 164 valence electrons. The van der Waals surface area contributed by atoms with E-state index in [1.165, 1.54) is 52.1 Å². The van der Waals surface area contributed by atoms with E-state index in [0.29, 0.717) is 0 Å². The zero-order chi connectivity index (χ0) is 22.1. The van der Waals surface area contributed by atoms with E-state index in [0.717, 1.165) is 26.7 Å². The van der Waals surface area contributed by atoms with Crippen molar-refractivity contribution in [2.75, 3.05) is 39.3 Å². The molecule has 0 aromatic rings. The van der Waals surface area contributed by atoms with E-state index in [1.54, 1.807) is 0 Å². The summed E-state index contributed by atoms with van der Waals surface area (Å²) in [6, 6.07) is 0. The zero-order valence-corrected chi connectivity index (χ0v) is 20.8. The standard InChI is InChI=1S/C6H12N2.2C4H9.2C2H4O2.CH2O2.Sn/c1-2-8-5-3-7(1)4-6-8;2*1-3-4-2;2*1-2(3)4;2-1-3;/h1-6H2;2*1,3-4H2,2H3;2*1H3,(H,3,4);1H,(H,2,3);/q;2*-1;;;;+4/p-2. The molecule has 0 aliphatic carbocycles. The van der Waals surface area contributed by atoms with E-state index in [-0.39, 0.29) is 30.4 Å². The Morgan fingerprint density at radius 2 is 0.964 bits per heavy atom. The maximum Gasteiger partial charge on any atom is 4.00 e. The van der Waals surface area contributed by atoms with E-state index >= 15 is 0 Å². The van der Waals surface area contributed by atoms with Gasteiger partial charge in [0.25, 0.3) is 6.47 Å². The number of carbonyl (C=O) groups excluding carboxylic acids is 2. The molecule has 0 aromatic heterocycles. The van der Waals surface area contributed by atoms with Crippen LogP contribution in [0.1, 0.15) is 53.4 Å². The summed E-state index contributed by atoms with van der Waals surface area (Å²) in [5, 5.41) is 24.7. The first-order valence-electron chi connectivity index (χ1n) is 9.12. The number of aliphatic carboxylic acids is 2. The second kappa shape index (κ2) is 33.7. The number of hydrogen-bond acceptors (Lipinski definition) is 7. The maximum atomic E-state index is 8.89. The van der Waals surface area contributed by atoms with Crippen LogP contribution < -0.4 is 10.2 Å². The summed E-state index contributed by atoms with van der Waals surface area (Å²) in [6.07, 6.45) is 4.56. The Bertz CT molecular complexity index is 275. The summed E-state index contributed by atoms with van der Waals surface area (Å²) in [4.78, 5) is 31.2. The molecular weight excluding hydrogens is 471 g/mol. The molecule has 0 amide bonds. The predicted octanol–water partition coefficient (Wildman–Crippen LogP) is -0.309. The van der Waals surface area contributed by atoms with Crippen molar-refractivity contribution in [2.24, 2.45) is 0 Å². The van der Waals surface area contributed by atoms with E-state index in [9.17, 15) is 0 Å². The first-order chi connectivity index (χ1) is 12.7. The monoisotopic (exact) mass is 510 g/mol. The van der Waals surface area contributed by atoms with Gasteiger partial charge >= 0.3 is 23.9 Å². The average Bonchev–Trinajstić information content (AvgIpc) is 2.63. The number of carboxylic acids is 2. The van der Waals surface area contributed by atoms with Crippen LogP contribution in [0.15, 0.2) is 0 Å². The molecule has 1 N–H and O–H groups in total. The fourth-order valence-corrected chi connectivity index (χ4v) is 1.52. The molecule has 0 radical (unpaired) electrons. The summed E-state index contributed by atoms with van der Waals surface area (Å²) >= 11 is 0. The molecule has 0 atom stereocenters. The minimum Gasteiger partial charge on any atom is -0.550 e. The topological polar surface area (TPSA) is 124 Å². The summed E-state index contributed by atoms with van der Waals surface area (Å²) in [5.41, 5.74) is 0. The zero-order valence-electron chi connectivity index (χ0n) is 17.9. The van der Waals surface area contributed by atoms with Crippen molar-refractivity contribution in [1.82, 2.24) is 9.80 Å². The number of piperazine rings is 3. The Morgan fingerprint density at radius 1 is 0.857 bits per heavy atom. The summed E-state index contributed by atoms with van der Waals surface area (Å²) in [5.74, 6) is -2.17. The van der Waals surface area contributed by atoms with Crippen LogP contribution in [0.3, 0.4) is 0 Å². The summed E-state index contributed by atoms with van der Waals surface area (Å²) < 4.78 is 0. The van der Waals surface area contributed by atoms with Crippen LogP contribution in [-0.4, -0.2) is 96.5 Å². The fourth-order valence-electron chi connectivity index (χ4n) is 1.52. The van der Waals surface area contributed by atoms with Crippen molar-refractivity contribution in [1.29, 1.82) is 0 Å². The van der Waals surface area contributed by atoms with Crippen LogP contribution in [0.25, 0.3) is 0 Å². The van der Waals surface area contributed by atoms with E-state index in [4.69, 9.17) is 29.7 Å². The second-order valence-corrected chi connectivity index (χ2v) is 5.48. The van der Waals surface area contributed by atoms with Crippen molar-refractivity contribution in [3.8, 4) is 0 Å². The number of carbonyl (C=O) groups is 3. The Kier molecular flexibility index (Phi) is 45.5. The Morgan fingerprint density at radius 3 is 1.00 bits per heavy atom. The van der Waals surface area contributed by atoms with Gasteiger partial charge in [0.05, 0.1) is 0 Å². The largest absolute Gasteiger partial charge is 4.00 e. The Labute approximate surface area is 188 Å².